The molecule has 0 saturated carbocycles. The second kappa shape index (κ2) is 11.2. The van der Waals surface area contributed by atoms with E-state index in [9.17, 15) is 4.79 Å². The highest BCUT2D eigenvalue weighted by Crippen LogP contribution is 2.27. The maximum Gasteiger partial charge on any atom is 0.272 e. The molecule has 4 rings (SSSR count). The summed E-state index contributed by atoms with van der Waals surface area (Å²) in [6.07, 6.45) is 3.43. The lowest BCUT2D eigenvalue weighted by molar-refractivity contribution is 0.0954. The molecule has 3 aromatic carbocycles. The van der Waals surface area contributed by atoms with Crippen LogP contribution in [0.15, 0.2) is 88.6 Å². The van der Waals surface area contributed by atoms with Crippen molar-refractivity contribution in [2.24, 2.45) is 5.10 Å². The number of hydrogen-bond donors (Lipinski definition) is 1. The standard InChI is InChI=1S/C25H22BrN5O3/c1-33-24-15-18(16-27-29-25(32)20-9-5-6-10-21(20)26)11-12-23(24)34-14-13-31-17-22(28-30-31)19-7-3-2-4-8-19/h2-12,15-17H,13-14H2,1H3,(H,29,32)/b27-16+. The van der Waals surface area contributed by atoms with E-state index in [1.165, 1.54) is 0 Å². The van der Waals surface area contributed by atoms with Crippen molar-refractivity contribution < 1.29 is 14.3 Å². The zero-order valence-corrected chi connectivity index (χ0v) is 20.0. The van der Waals surface area contributed by atoms with E-state index in [0.717, 1.165) is 16.8 Å². The highest BCUT2D eigenvalue weighted by molar-refractivity contribution is 9.10. The lowest BCUT2D eigenvalue weighted by atomic mass is 10.2. The second-order valence-electron chi connectivity index (χ2n) is 7.17. The van der Waals surface area contributed by atoms with Gasteiger partial charge in [0, 0.05) is 10.0 Å². The van der Waals surface area contributed by atoms with Crippen molar-refractivity contribution >= 4 is 28.1 Å². The minimum atomic E-state index is -0.306. The summed E-state index contributed by atoms with van der Waals surface area (Å²) in [5.74, 6) is 0.851. The summed E-state index contributed by atoms with van der Waals surface area (Å²) in [5, 5.41) is 12.4. The van der Waals surface area contributed by atoms with Crippen molar-refractivity contribution in [3.63, 3.8) is 0 Å². The molecule has 0 aliphatic rings. The topological polar surface area (TPSA) is 90.6 Å². The molecule has 34 heavy (non-hydrogen) atoms. The van der Waals surface area contributed by atoms with Gasteiger partial charge in [0.1, 0.15) is 12.3 Å². The summed E-state index contributed by atoms with van der Waals surface area (Å²) in [6.45, 7) is 0.927. The first-order valence-electron chi connectivity index (χ1n) is 10.5. The zero-order valence-electron chi connectivity index (χ0n) is 18.4. The minimum Gasteiger partial charge on any atom is -0.493 e. The third-order valence-electron chi connectivity index (χ3n) is 4.87. The quantitative estimate of drug-likeness (QED) is 0.258. The smallest absolute Gasteiger partial charge is 0.272 e. The molecule has 0 radical (unpaired) electrons. The Labute approximate surface area is 205 Å². The molecule has 4 aromatic rings. The van der Waals surface area contributed by atoms with E-state index < -0.39 is 0 Å². The summed E-state index contributed by atoms with van der Waals surface area (Å²) < 4.78 is 13.8. The molecular formula is C25H22BrN5O3. The van der Waals surface area contributed by atoms with Crippen LogP contribution in [-0.2, 0) is 6.54 Å². The lowest BCUT2D eigenvalue weighted by Gasteiger charge is -2.11. The van der Waals surface area contributed by atoms with Crippen molar-refractivity contribution in [2.45, 2.75) is 6.54 Å². The summed E-state index contributed by atoms with van der Waals surface area (Å²) in [7, 11) is 1.57. The van der Waals surface area contributed by atoms with Gasteiger partial charge in [0.05, 0.1) is 31.6 Å². The molecule has 1 heterocycles. The molecule has 0 aliphatic carbocycles. The molecule has 0 saturated heterocycles. The Morgan fingerprint density at radius 2 is 1.88 bits per heavy atom. The average molecular weight is 520 g/mol. The molecule has 0 fully saturated rings. The van der Waals surface area contributed by atoms with Crippen molar-refractivity contribution in [3.05, 3.63) is 94.6 Å². The van der Waals surface area contributed by atoms with Gasteiger partial charge in [-0.2, -0.15) is 5.10 Å². The van der Waals surface area contributed by atoms with Crippen LogP contribution in [-0.4, -0.2) is 40.8 Å². The first-order chi connectivity index (χ1) is 16.6. The summed E-state index contributed by atoms with van der Waals surface area (Å²) in [4.78, 5) is 12.2. The number of benzene rings is 3. The molecule has 0 bridgehead atoms. The normalized spacial score (nSPS) is 10.9. The van der Waals surface area contributed by atoms with E-state index >= 15 is 0 Å². The van der Waals surface area contributed by atoms with Crippen molar-refractivity contribution in [2.75, 3.05) is 13.7 Å². The number of hydrazone groups is 1. The number of halogens is 1. The highest BCUT2D eigenvalue weighted by Gasteiger charge is 2.09. The van der Waals surface area contributed by atoms with Crippen LogP contribution >= 0.6 is 15.9 Å². The number of methoxy groups -OCH3 is 1. The van der Waals surface area contributed by atoms with Crippen LogP contribution in [0.5, 0.6) is 11.5 Å². The molecule has 9 heteroatoms. The van der Waals surface area contributed by atoms with Gasteiger partial charge in [-0.15, -0.1) is 5.10 Å². The number of nitrogens with zero attached hydrogens (tertiary/aromatic N) is 4. The Morgan fingerprint density at radius 3 is 2.68 bits per heavy atom. The van der Waals surface area contributed by atoms with Gasteiger partial charge >= 0.3 is 0 Å². The van der Waals surface area contributed by atoms with Gasteiger partial charge in [0.25, 0.3) is 5.91 Å². The average Bonchev–Trinajstić information content (AvgIpc) is 3.34. The molecular weight excluding hydrogens is 498 g/mol. The van der Waals surface area contributed by atoms with Gasteiger partial charge in [-0.25, -0.2) is 10.1 Å². The minimum absolute atomic E-state index is 0.306. The monoisotopic (exact) mass is 519 g/mol. The molecule has 0 atom stereocenters. The van der Waals surface area contributed by atoms with E-state index in [4.69, 9.17) is 9.47 Å². The maximum absolute atomic E-state index is 12.2. The fourth-order valence-electron chi connectivity index (χ4n) is 3.15. The number of nitrogens with one attached hydrogen (secondary N) is 1. The lowest BCUT2D eigenvalue weighted by Crippen LogP contribution is -2.18. The predicted octanol–water partition coefficient (Wildman–Crippen LogP) is 4.56. The molecule has 1 N–H and O–H groups in total. The van der Waals surface area contributed by atoms with E-state index in [0.29, 0.717) is 34.7 Å². The van der Waals surface area contributed by atoms with Crippen LogP contribution in [0.1, 0.15) is 15.9 Å². The fourth-order valence-corrected chi connectivity index (χ4v) is 3.62. The Hall–Kier alpha value is -3.98. The van der Waals surface area contributed by atoms with E-state index in [1.807, 2.05) is 48.7 Å². The second-order valence-corrected chi connectivity index (χ2v) is 8.02. The number of carbonyl (C=O) groups is 1. The summed E-state index contributed by atoms with van der Waals surface area (Å²) in [6, 6.07) is 22.4. The van der Waals surface area contributed by atoms with Gasteiger partial charge in [0.2, 0.25) is 0 Å². The Bertz CT molecular complexity index is 1290. The number of amides is 1. The first kappa shape index (κ1) is 23.2. The number of carbonyl (C=O) groups excluding carboxylic acids is 1. The van der Waals surface area contributed by atoms with E-state index in [2.05, 4.69) is 36.8 Å². The summed E-state index contributed by atoms with van der Waals surface area (Å²) in [5.41, 5.74) is 5.60. The largest absolute Gasteiger partial charge is 0.493 e. The molecule has 0 unspecified atom stereocenters. The Kier molecular flexibility index (Phi) is 7.67. The zero-order chi connectivity index (χ0) is 23.8. The van der Waals surface area contributed by atoms with Crippen molar-refractivity contribution in [1.82, 2.24) is 20.4 Å². The van der Waals surface area contributed by atoms with E-state index in [-0.39, 0.29) is 5.91 Å². The van der Waals surface area contributed by atoms with Crippen molar-refractivity contribution in [3.8, 4) is 22.8 Å². The van der Waals surface area contributed by atoms with Gasteiger partial charge in [-0.05, 0) is 51.8 Å². The number of ether oxygens (including phenoxy) is 2. The van der Waals surface area contributed by atoms with Crippen LogP contribution in [0.2, 0.25) is 0 Å². The van der Waals surface area contributed by atoms with Crippen LogP contribution in [0.3, 0.4) is 0 Å². The third-order valence-corrected chi connectivity index (χ3v) is 5.56. The predicted molar refractivity (Wildman–Crippen MR) is 133 cm³/mol. The maximum atomic E-state index is 12.2. The summed E-state index contributed by atoms with van der Waals surface area (Å²) >= 11 is 3.36. The molecule has 172 valence electrons. The van der Waals surface area contributed by atoms with Crippen LogP contribution in [0, 0.1) is 0 Å². The molecule has 0 aliphatic heterocycles. The number of aromatic nitrogens is 3. The number of rotatable bonds is 9. The van der Waals surface area contributed by atoms with Crippen molar-refractivity contribution in [1.29, 1.82) is 0 Å². The molecule has 0 spiro atoms. The molecule has 8 nitrogen and oxygen atoms in total. The fraction of sp³-hybridized carbons (Fsp3) is 0.120. The van der Waals surface area contributed by atoms with Gasteiger partial charge in [-0.3, -0.25) is 4.79 Å². The SMILES string of the molecule is COc1cc(/C=N/NC(=O)c2ccccc2Br)ccc1OCCn1cc(-c2ccccc2)nn1. The van der Waals surface area contributed by atoms with E-state index in [1.54, 1.807) is 48.3 Å². The Morgan fingerprint density at radius 1 is 1.09 bits per heavy atom. The van der Waals surface area contributed by atoms with Crippen LogP contribution in [0.25, 0.3) is 11.3 Å². The van der Waals surface area contributed by atoms with Crippen LogP contribution < -0.4 is 14.9 Å². The van der Waals surface area contributed by atoms with Gasteiger partial charge in [-0.1, -0.05) is 47.7 Å². The van der Waals surface area contributed by atoms with Gasteiger partial charge in [0.15, 0.2) is 11.5 Å². The number of hydrogen-bond acceptors (Lipinski definition) is 6. The molecule has 1 aromatic heterocycles. The molecule has 1 amide bonds. The highest BCUT2D eigenvalue weighted by atomic mass is 79.9. The Balaban J connectivity index is 1.32. The van der Waals surface area contributed by atoms with Gasteiger partial charge < -0.3 is 9.47 Å². The first-order valence-corrected chi connectivity index (χ1v) is 11.3. The van der Waals surface area contributed by atoms with Crippen LogP contribution in [0.4, 0.5) is 0 Å². The third kappa shape index (κ3) is 5.87.